The molecule has 0 bridgehead atoms. The maximum absolute atomic E-state index is 11.9. The molecule has 0 saturated heterocycles. The second-order valence-corrected chi connectivity index (χ2v) is 5.48. The molecular weight excluding hydrogens is 354 g/mol. The van der Waals surface area contributed by atoms with Gasteiger partial charge in [-0.2, -0.15) is 0 Å². The number of methoxy groups -OCH3 is 1. The van der Waals surface area contributed by atoms with Crippen LogP contribution in [-0.2, 0) is 19.1 Å². The summed E-state index contributed by atoms with van der Waals surface area (Å²) in [5, 5.41) is 6.62. The third-order valence-electron chi connectivity index (χ3n) is 3.38. The van der Waals surface area contributed by atoms with Gasteiger partial charge in [-0.3, -0.25) is 14.9 Å². The number of imide groups is 1. The van der Waals surface area contributed by atoms with Crippen LogP contribution in [0.15, 0.2) is 30.3 Å². The van der Waals surface area contributed by atoms with Crippen molar-refractivity contribution in [1.82, 2.24) is 16.0 Å². The molecule has 0 saturated carbocycles. The zero-order chi connectivity index (χ0) is 20.4. The van der Waals surface area contributed by atoms with Crippen LogP contribution in [0, 0.1) is 0 Å². The van der Waals surface area contributed by atoms with Gasteiger partial charge in [0.25, 0.3) is 5.91 Å². The van der Waals surface area contributed by atoms with Gasteiger partial charge in [-0.25, -0.2) is 9.59 Å². The highest BCUT2D eigenvalue weighted by atomic mass is 16.5. The summed E-state index contributed by atoms with van der Waals surface area (Å²) in [4.78, 5) is 46.5. The van der Waals surface area contributed by atoms with Gasteiger partial charge in [0, 0.05) is 13.1 Å². The van der Waals surface area contributed by atoms with Crippen LogP contribution < -0.4 is 20.7 Å². The van der Waals surface area contributed by atoms with Crippen LogP contribution in [0.5, 0.6) is 5.75 Å². The van der Waals surface area contributed by atoms with E-state index in [2.05, 4.69) is 10.6 Å². The van der Waals surface area contributed by atoms with Crippen molar-refractivity contribution in [2.75, 3.05) is 14.2 Å². The number of esters is 1. The van der Waals surface area contributed by atoms with E-state index in [-0.39, 0.29) is 0 Å². The lowest BCUT2D eigenvalue weighted by atomic mass is 10.2. The summed E-state index contributed by atoms with van der Waals surface area (Å²) in [7, 11) is 2.90. The number of amides is 4. The van der Waals surface area contributed by atoms with Crippen LogP contribution in [0.1, 0.15) is 19.4 Å². The number of carbonyl (C=O) groups is 4. The Morgan fingerprint density at radius 1 is 1.07 bits per heavy atom. The lowest BCUT2D eigenvalue weighted by Gasteiger charge is -2.16. The molecule has 3 N–H and O–H groups in total. The van der Waals surface area contributed by atoms with Crippen LogP contribution in [0.2, 0.25) is 0 Å². The van der Waals surface area contributed by atoms with Gasteiger partial charge in [0.05, 0.1) is 7.11 Å². The number of hydrogen-bond acceptors (Lipinski definition) is 6. The Bertz CT molecular complexity index is 714. The van der Waals surface area contributed by atoms with Crippen molar-refractivity contribution in [2.45, 2.75) is 26.0 Å². The number of hydrogen-bond donors (Lipinski definition) is 3. The Hall–Kier alpha value is -3.36. The molecule has 4 amide bonds. The van der Waals surface area contributed by atoms with Crippen molar-refractivity contribution in [3.05, 3.63) is 35.9 Å². The first-order valence-electron chi connectivity index (χ1n) is 8.12. The van der Waals surface area contributed by atoms with Gasteiger partial charge in [-0.15, -0.1) is 0 Å². The fourth-order valence-corrected chi connectivity index (χ4v) is 1.81. The smallest absolute Gasteiger partial charge is 0.329 e. The third-order valence-corrected chi connectivity index (χ3v) is 3.38. The van der Waals surface area contributed by atoms with Crippen molar-refractivity contribution in [3.63, 3.8) is 0 Å². The van der Waals surface area contributed by atoms with Crippen molar-refractivity contribution in [3.8, 4) is 5.75 Å². The molecule has 1 aromatic carbocycles. The molecule has 0 fully saturated rings. The number of carbonyl (C=O) groups excluding carboxylic acids is 4. The molecule has 0 aliphatic carbocycles. The molecule has 27 heavy (non-hydrogen) atoms. The van der Waals surface area contributed by atoms with Gasteiger partial charge in [-0.05, 0) is 37.6 Å². The second-order valence-electron chi connectivity index (χ2n) is 5.48. The van der Waals surface area contributed by atoms with E-state index >= 15 is 0 Å². The quantitative estimate of drug-likeness (QED) is 0.472. The first-order valence-corrected chi connectivity index (χ1v) is 8.12. The molecule has 0 heterocycles. The first kappa shape index (κ1) is 21.7. The van der Waals surface area contributed by atoms with Crippen LogP contribution >= 0.6 is 0 Å². The molecule has 0 aromatic heterocycles. The van der Waals surface area contributed by atoms with Crippen LogP contribution in [0.25, 0.3) is 6.08 Å². The molecule has 146 valence electrons. The second kappa shape index (κ2) is 10.6. The fraction of sp³-hybridized carbons (Fsp3) is 0.333. The highest BCUT2D eigenvalue weighted by Gasteiger charge is 2.23. The van der Waals surface area contributed by atoms with Gasteiger partial charge in [-0.1, -0.05) is 12.1 Å². The predicted octanol–water partition coefficient (Wildman–Crippen LogP) is 0.600. The van der Waals surface area contributed by atoms with Crippen molar-refractivity contribution < 1.29 is 28.7 Å². The Morgan fingerprint density at radius 3 is 2.26 bits per heavy atom. The van der Waals surface area contributed by atoms with E-state index in [1.807, 2.05) is 5.32 Å². The van der Waals surface area contributed by atoms with E-state index in [0.717, 1.165) is 5.56 Å². The molecule has 0 unspecified atom stereocenters. The maximum Gasteiger partial charge on any atom is 0.329 e. The Labute approximate surface area is 157 Å². The monoisotopic (exact) mass is 377 g/mol. The zero-order valence-corrected chi connectivity index (χ0v) is 15.6. The fourth-order valence-electron chi connectivity index (χ4n) is 1.81. The first-order chi connectivity index (χ1) is 12.8. The molecule has 9 heteroatoms. The molecule has 0 spiro atoms. The minimum atomic E-state index is -1.19. The summed E-state index contributed by atoms with van der Waals surface area (Å²) >= 11 is 0. The number of ether oxygens (including phenoxy) is 2. The molecule has 0 aliphatic rings. The highest BCUT2D eigenvalue weighted by Crippen LogP contribution is 2.12. The summed E-state index contributed by atoms with van der Waals surface area (Å²) in [6.45, 7) is 2.74. The summed E-state index contributed by atoms with van der Waals surface area (Å²) < 4.78 is 9.97. The summed E-state index contributed by atoms with van der Waals surface area (Å²) in [6.07, 6.45) is 1.66. The van der Waals surface area contributed by atoms with Gasteiger partial charge in [0.1, 0.15) is 11.8 Å². The standard InChI is InChI=1S/C18H23N3O6/c1-11(17(24)27-12(2)16(23)21-18(25)19-3)20-15(22)10-7-13-5-8-14(26-4)9-6-13/h5-12H,1-4H3,(H,20,22)(H2,19,21,23,25)/b10-7+/t11-,12+/m0/s1. The number of benzene rings is 1. The maximum atomic E-state index is 11.9. The summed E-state index contributed by atoms with van der Waals surface area (Å²) in [6, 6.07) is 5.35. The van der Waals surface area contributed by atoms with Gasteiger partial charge in [0.2, 0.25) is 5.91 Å². The normalized spacial score (nSPS) is 12.6. The minimum Gasteiger partial charge on any atom is -0.497 e. The Kier molecular flexibility index (Phi) is 8.50. The minimum absolute atomic E-state index is 0.502. The van der Waals surface area contributed by atoms with E-state index in [1.165, 1.54) is 27.0 Å². The van der Waals surface area contributed by atoms with Crippen molar-refractivity contribution >= 4 is 29.9 Å². The van der Waals surface area contributed by atoms with Crippen LogP contribution in [0.4, 0.5) is 4.79 Å². The number of nitrogens with one attached hydrogen (secondary N) is 3. The average molecular weight is 377 g/mol. The van der Waals surface area contributed by atoms with E-state index < -0.39 is 36.0 Å². The molecule has 1 rings (SSSR count). The average Bonchev–Trinajstić information content (AvgIpc) is 2.66. The van der Waals surface area contributed by atoms with Gasteiger partial charge >= 0.3 is 12.0 Å². The Balaban J connectivity index is 2.50. The lowest BCUT2D eigenvalue weighted by molar-refractivity contribution is -0.156. The molecule has 0 aliphatic heterocycles. The third kappa shape index (κ3) is 7.59. The lowest BCUT2D eigenvalue weighted by Crippen LogP contribution is -2.46. The number of urea groups is 1. The van der Waals surface area contributed by atoms with Gasteiger partial charge < -0.3 is 20.1 Å². The summed E-state index contributed by atoms with van der Waals surface area (Å²) in [5.41, 5.74) is 0.778. The van der Waals surface area contributed by atoms with E-state index in [1.54, 1.807) is 37.5 Å². The molecule has 1 aromatic rings. The topological polar surface area (TPSA) is 123 Å². The Morgan fingerprint density at radius 2 is 1.70 bits per heavy atom. The summed E-state index contributed by atoms with van der Waals surface area (Å²) in [5.74, 6) is -1.39. The zero-order valence-electron chi connectivity index (χ0n) is 15.6. The van der Waals surface area contributed by atoms with Crippen LogP contribution in [0.3, 0.4) is 0 Å². The molecule has 0 radical (unpaired) electrons. The van der Waals surface area contributed by atoms with E-state index in [9.17, 15) is 19.2 Å². The SMILES string of the molecule is CNC(=O)NC(=O)[C@@H](C)OC(=O)[C@H](C)NC(=O)/C=C/c1ccc(OC)cc1. The predicted molar refractivity (Wildman–Crippen MR) is 97.8 cm³/mol. The van der Waals surface area contributed by atoms with Crippen molar-refractivity contribution in [2.24, 2.45) is 0 Å². The van der Waals surface area contributed by atoms with Crippen molar-refractivity contribution in [1.29, 1.82) is 0 Å². The van der Waals surface area contributed by atoms with Gasteiger partial charge in [0.15, 0.2) is 6.10 Å². The van der Waals surface area contributed by atoms with Crippen LogP contribution in [-0.4, -0.2) is 50.1 Å². The van der Waals surface area contributed by atoms with E-state index in [4.69, 9.17) is 9.47 Å². The van der Waals surface area contributed by atoms with E-state index in [0.29, 0.717) is 5.75 Å². The molecule has 2 atom stereocenters. The highest BCUT2D eigenvalue weighted by molar-refractivity contribution is 5.98. The number of rotatable bonds is 7. The molecule has 9 nitrogen and oxygen atoms in total. The molecular formula is C18H23N3O6. The largest absolute Gasteiger partial charge is 0.497 e.